The molecule has 0 aromatic heterocycles. The monoisotopic (exact) mass is 204 g/mol. The minimum absolute atomic E-state index is 0.0597. The molecule has 0 atom stereocenters. The fourth-order valence-electron chi connectivity index (χ4n) is 1.62. The van der Waals surface area contributed by atoms with Crippen LogP contribution >= 0.6 is 0 Å². The first-order valence-electron chi connectivity index (χ1n) is 4.47. The average Bonchev–Trinajstić information content (AvgIpc) is 2.43. The number of carbonyl (C=O) groups is 3. The number of benzene rings is 1. The molecule has 0 unspecified atom stereocenters. The third kappa shape index (κ3) is 1.54. The molecule has 0 fully saturated rings. The van der Waals surface area contributed by atoms with Gasteiger partial charge in [-0.1, -0.05) is 12.1 Å². The Morgan fingerprint density at radius 3 is 2.67 bits per heavy atom. The maximum atomic E-state index is 11.3. The quantitative estimate of drug-likeness (QED) is 0.535. The van der Waals surface area contributed by atoms with Crippen LogP contribution in [0.25, 0.3) is 0 Å². The first-order valence-corrected chi connectivity index (χ1v) is 4.47. The van der Waals surface area contributed by atoms with E-state index in [1.807, 2.05) is 0 Å². The molecule has 0 saturated carbocycles. The van der Waals surface area contributed by atoms with Crippen molar-refractivity contribution < 1.29 is 19.1 Å². The number of cyclic esters (lactones) is 2. The van der Waals surface area contributed by atoms with Crippen molar-refractivity contribution in [3.05, 3.63) is 34.9 Å². The number of hydrogen-bond donors (Lipinski definition) is 0. The highest BCUT2D eigenvalue weighted by Crippen LogP contribution is 2.23. The van der Waals surface area contributed by atoms with E-state index in [9.17, 15) is 14.4 Å². The second-order valence-electron chi connectivity index (χ2n) is 3.40. The third-order valence-electron chi connectivity index (χ3n) is 2.20. The summed E-state index contributed by atoms with van der Waals surface area (Å²) in [4.78, 5) is 33.5. The SMILES string of the molecule is CC(=O)Cc1cccc2c1C(=O)OC2=O. The van der Waals surface area contributed by atoms with Gasteiger partial charge in [0.25, 0.3) is 0 Å². The Labute approximate surface area is 85.8 Å². The second-order valence-corrected chi connectivity index (χ2v) is 3.40. The first-order chi connectivity index (χ1) is 7.09. The van der Waals surface area contributed by atoms with Crippen molar-refractivity contribution in [2.24, 2.45) is 0 Å². The number of carbonyl (C=O) groups excluding carboxylic acids is 3. The Morgan fingerprint density at radius 1 is 1.27 bits per heavy atom. The van der Waals surface area contributed by atoms with Gasteiger partial charge >= 0.3 is 11.9 Å². The van der Waals surface area contributed by atoms with Gasteiger partial charge < -0.3 is 4.74 Å². The lowest BCUT2D eigenvalue weighted by Crippen LogP contribution is -2.04. The molecule has 1 aliphatic rings. The van der Waals surface area contributed by atoms with Gasteiger partial charge in [-0.15, -0.1) is 0 Å². The second kappa shape index (κ2) is 3.31. The Bertz CT molecular complexity index is 473. The Balaban J connectivity index is 2.55. The van der Waals surface area contributed by atoms with Crippen LogP contribution in [0, 0.1) is 0 Å². The lowest BCUT2D eigenvalue weighted by Gasteiger charge is -2.01. The van der Waals surface area contributed by atoms with Crippen LogP contribution in [-0.2, 0) is 16.0 Å². The highest BCUT2D eigenvalue weighted by molar-refractivity contribution is 6.15. The molecule has 1 aromatic rings. The zero-order valence-electron chi connectivity index (χ0n) is 8.07. The summed E-state index contributed by atoms with van der Waals surface area (Å²) in [5.74, 6) is -1.36. The molecular formula is C11H8O4. The highest BCUT2D eigenvalue weighted by atomic mass is 16.6. The van der Waals surface area contributed by atoms with E-state index in [1.54, 1.807) is 12.1 Å². The lowest BCUT2D eigenvalue weighted by atomic mass is 9.99. The molecule has 1 heterocycles. The molecule has 1 aromatic carbocycles. The number of hydrogen-bond acceptors (Lipinski definition) is 4. The van der Waals surface area contributed by atoms with Crippen molar-refractivity contribution >= 4 is 17.7 Å². The Hall–Kier alpha value is -1.97. The molecule has 0 saturated heterocycles. The zero-order chi connectivity index (χ0) is 11.0. The molecule has 0 radical (unpaired) electrons. The molecule has 15 heavy (non-hydrogen) atoms. The predicted molar refractivity (Wildman–Crippen MR) is 50.6 cm³/mol. The molecule has 0 bridgehead atoms. The minimum atomic E-state index is -0.660. The summed E-state index contributed by atoms with van der Waals surface area (Å²) in [6, 6.07) is 4.81. The molecule has 0 spiro atoms. The van der Waals surface area contributed by atoms with E-state index >= 15 is 0 Å². The number of ketones is 1. The molecular weight excluding hydrogens is 196 g/mol. The molecule has 0 amide bonds. The van der Waals surface area contributed by atoms with Crippen LogP contribution in [-0.4, -0.2) is 17.7 Å². The smallest absolute Gasteiger partial charge is 0.347 e. The van der Waals surface area contributed by atoms with Gasteiger partial charge in [0.05, 0.1) is 11.1 Å². The lowest BCUT2D eigenvalue weighted by molar-refractivity contribution is -0.116. The van der Waals surface area contributed by atoms with E-state index in [2.05, 4.69) is 4.74 Å². The van der Waals surface area contributed by atoms with E-state index in [-0.39, 0.29) is 23.3 Å². The molecule has 2 rings (SSSR count). The zero-order valence-corrected chi connectivity index (χ0v) is 8.07. The number of Topliss-reactive ketones (excluding diaryl/α,β-unsaturated/α-hetero) is 1. The predicted octanol–water partition coefficient (Wildman–Crippen LogP) is 1.13. The number of ether oxygens (including phenoxy) is 1. The summed E-state index contributed by atoms with van der Waals surface area (Å²) in [5.41, 5.74) is 1.03. The van der Waals surface area contributed by atoms with Crippen LogP contribution in [0.1, 0.15) is 33.2 Å². The van der Waals surface area contributed by atoms with Gasteiger partial charge in [0, 0.05) is 6.42 Å². The van der Waals surface area contributed by atoms with Crippen molar-refractivity contribution in [2.75, 3.05) is 0 Å². The molecule has 0 N–H and O–H groups in total. The van der Waals surface area contributed by atoms with Crippen LogP contribution < -0.4 is 0 Å². The fraction of sp³-hybridized carbons (Fsp3) is 0.182. The number of esters is 2. The van der Waals surface area contributed by atoms with Gasteiger partial charge in [0.15, 0.2) is 0 Å². The van der Waals surface area contributed by atoms with Gasteiger partial charge in [0.1, 0.15) is 5.78 Å². The van der Waals surface area contributed by atoms with Crippen LogP contribution in [0.5, 0.6) is 0 Å². The van der Waals surface area contributed by atoms with Gasteiger partial charge in [-0.05, 0) is 18.6 Å². The highest BCUT2D eigenvalue weighted by Gasteiger charge is 2.31. The van der Waals surface area contributed by atoms with Gasteiger partial charge in [-0.25, -0.2) is 9.59 Å². The fourth-order valence-corrected chi connectivity index (χ4v) is 1.62. The normalized spacial score (nSPS) is 13.7. The maximum Gasteiger partial charge on any atom is 0.347 e. The van der Waals surface area contributed by atoms with Crippen LogP contribution in [0.2, 0.25) is 0 Å². The van der Waals surface area contributed by atoms with E-state index < -0.39 is 11.9 Å². The summed E-state index contributed by atoms with van der Waals surface area (Å²) < 4.78 is 4.46. The van der Waals surface area contributed by atoms with Crippen LogP contribution in [0.3, 0.4) is 0 Å². The number of fused-ring (bicyclic) bond motifs is 1. The Kier molecular flexibility index (Phi) is 2.11. The Morgan fingerprint density at radius 2 is 2.00 bits per heavy atom. The van der Waals surface area contributed by atoms with Crippen LogP contribution in [0.4, 0.5) is 0 Å². The topological polar surface area (TPSA) is 60.4 Å². The summed E-state index contributed by atoms with van der Waals surface area (Å²) in [7, 11) is 0. The first kappa shape index (κ1) is 9.58. The van der Waals surface area contributed by atoms with Crippen molar-refractivity contribution in [3.63, 3.8) is 0 Å². The van der Waals surface area contributed by atoms with Crippen molar-refractivity contribution in [2.45, 2.75) is 13.3 Å². The van der Waals surface area contributed by atoms with Crippen molar-refractivity contribution in [3.8, 4) is 0 Å². The van der Waals surface area contributed by atoms with Gasteiger partial charge in [-0.2, -0.15) is 0 Å². The molecule has 4 heteroatoms. The minimum Gasteiger partial charge on any atom is -0.386 e. The third-order valence-corrected chi connectivity index (χ3v) is 2.20. The molecule has 4 nitrogen and oxygen atoms in total. The van der Waals surface area contributed by atoms with E-state index in [0.717, 1.165) is 0 Å². The van der Waals surface area contributed by atoms with E-state index in [1.165, 1.54) is 13.0 Å². The largest absolute Gasteiger partial charge is 0.386 e. The maximum absolute atomic E-state index is 11.3. The summed E-state index contributed by atoms with van der Waals surface area (Å²) in [6.07, 6.45) is 0.144. The average molecular weight is 204 g/mol. The van der Waals surface area contributed by atoms with Crippen molar-refractivity contribution in [1.82, 2.24) is 0 Å². The van der Waals surface area contributed by atoms with Crippen molar-refractivity contribution in [1.29, 1.82) is 0 Å². The molecule has 76 valence electrons. The molecule has 1 aliphatic heterocycles. The molecule has 0 aliphatic carbocycles. The van der Waals surface area contributed by atoms with Crippen LogP contribution in [0.15, 0.2) is 18.2 Å². The van der Waals surface area contributed by atoms with Gasteiger partial charge in [0.2, 0.25) is 0 Å². The van der Waals surface area contributed by atoms with E-state index in [0.29, 0.717) is 5.56 Å². The van der Waals surface area contributed by atoms with E-state index in [4.69, 9.17) is 0 Å². The summed E-state index contributed by atoms with van der Waals surface area (Å²) in [6.45, 7) is 1.43. The summed E-state index contributed by atoms with van der Waals surface area (Å²) >= 11 is 0. The summed E-state index contributed by atoms with van der Waals surface area (Å²) in [5, 5.41) is 0. The standard InChI is InChI=1S/C11H8O4/c1-6(12)5-7-3-2-4-8-9(7)11(14)15-10(8)13/h2-4H,5H2,1H3. The van der Waals surface area contributed by atoms with Gasteiger partial charge in [-0.3, -0.25) is 4.79 Å². The number of rotatable bonds is 2.